The van der Waals surface area contributed by atoms with Crippen molar-refractivity contribution in [2.75, 3.05) is 0 Å². The van der Waals surface area contributed by atoms with Gasteiger partial charge in [-0.15, -0.1) is 0 Å². The van der Waals surface area contributed by atoms with E-state index in [0.29, 0.717) is 0 Å². The van der Waals surface area contributed by atoms with Crippen LogP contribution in [0.25, 0.3) is 0 Å². The van der Waals surface area contributed by atoms with Crippen molar-refractivity contribution in [2.24, 2.45) is 0 Å². The predicted octanol–water partition coefficient (Wildman–Crippen LogP) is 3.81. The smallest absolute Gasteiger partial charge is 0.696 e. The summed E-state index contributed by atoms with van der Waals surface area (Å²) in [6.45, 7) is 4.69. The van der Waals surface area contributed by atoms with E-state index in [1.54, 1.807) is 0 Å². The number of nitriles is 3. The molecule has 8 heteroatoms. The average molecular weight is 648 g/mol. The minimum Gasteiger partial charge on any atom is -0.696 e. The van der Waals surface area contributed by atoms with Crippen LogP contribution >= 0.6 is 7.26 Å². The molecule has 30 heavy (non-hydrogen) atoms. The van der Waals surface area contributed by atoms with Gasteiger partial charge in [0.2, 0.25) is 0 Å². The van der Waals surface area contributed by atoms with Gasteiger partial charge in [-0.2, -0.15) is 6.66 Å². The van der Waals surface area contributed by atoms with Crippen LogP contribution in [-0.2, 0) is 60.3 Å². The van der Waals surface area contributed by atoms with E-state index < -0.39 is 7.26 Å². The SMILES string of the molecule is N#C[S-].N#C[S-].N#C[S-].[Au+3].[CH2-][P+](c1ccccc1)(c1ccccc1)c1ccccc1. The van der Waals surface area contributed by atoms with Crippen molar-refractivity contribution in [2.45, 2.75) is 0 Å². The van der Waals surface area contributed by atoms with Gasteiger partial charge < -0.3 is 37.9 Å². The molecular weight excluding hydrogens is 630 g/mol. The maximum absolute atomic E-state index is 7.13. The summed E-state index contributed by atoms with van der Waals surface area (Å²) in [6, 6.07) is 31.9. The van der Waals surface area contributed by atoms with Crippen LogP contribution < -0.4 is 15.9 Å². The molecule has 0 fully saturated rings. The molecule has 0 heterocycles. The summed E-state index contributed by atoms with van der Waals surface area (Å²) in [6.07, 6.45) is 0. The Morgan fingerprint density at radius 2 is 0.700 bits per heavy atom. The third-order valence-corrected chi connectivity index (χ3v) is 7.13. The molecule has 0 aliphatic carbocycles. The van der Waals surface area contributed by atoms with E-state index in [1.165, 1.54) is 32.1 Å². The normalized spacial score (nSPS) is 8.20. The molecule has 3 aromatic carbocycles. The van der Waals surface area contributed by atoms with Crippen LogP contribution in [0, 0.1) is 38.7 Å². The van der Waals surface area contributed by atoms with Crippen LogP contribution in [0.2, 0.25) is 0 Å². The van der Waals surface area contributed by atoms with E-state index >= 15 is 0 Å². The fraction of sp³-hybridized carbons (Fsp3) is 0. The summed E-state index contributed by atoms with van der Waals surface area (Å²) in [5, 5.41) is 29.4. The first-order chi connectivity index (χ1) is 14.1. The van der Waals surface area contributed by atoms with Crippen molar-refractivity contribution in [3.8, 4) is 16.2 Å². The molecule has 0 atom stereocenters. The van der Waals surface area contributed by atoms with E-state index in [-0.39, 0.29) is 22.4 Å². The number of rotatable bonds is 3. The molecule has 154 valence electrons. The van der Waals surface area contributed by atoms with E-state index in [4.69, 9.17) is 22.5 Å². The second kappa shape index (κ2) is 19.0. The topological polar surface area (TPSA) is 71.4 Å². The summed E-state index contributed by atoms with van der Waals surface area (Å²) < 4.78 is 0. The van der Waals surface area contributed by atoms with Gasteiger partial charge in [-0.05, 0) is 43.7 Å². The first kappa shape index (κ1) is 30.2. The molecule has 0 saturated heterocycles. The van der Waals surface area contributed by atoms with Gasteiger partial charge in [0.1, 0.15) is 0 Å². The van der Waals surface area contributed by atoms with E-state index in [2.05, 4.69) is 129 Å². The zero-order valence-electron chi connectivity index (χ0n) is 15.7. The Hall–Kier alpha value is -2.04. The molecule has 0 aliphatic rings. The number of thiocyanates is 3. The van der Waals surface area contributed by atoms with Crippen molar-refractivity contribution in [1.29, 1.82) is 15.8 Å². The van der Waals surface area contributed by atoms with Gasteiger partial charge in [0, 0.05) is 0 Å². The molecule has 0 saturated carbocycles. The molecule has 0 N–H and O–H groups in total. The zero-order chi connectivity index (χ0) is 22.0. The van der Waals surface area contributed by atoms with E-state index in [9.17, 15) is 0 Å². The van der Waals surface area contributed by atoms with Crippen molar-refractivity contribution in [1.82, 2.24) is 0 Å². The van der Waals surface area contributed by atoms with Gasteiger partial charge in [0.25, 0.3) is 0 Å². The monoisotopic (exact) mass is 647 g/mol. The summed E-state index contributed by atoms with van der Waals surface area (Å²) in [5.74, 6) is 0. The van der Waals surface area contributed by atoms with Crippen molar-refractivity contribution in [3.63, 3.8) is 0 Å². The Kier molecular flexibility index (Phi) is 19.1. The molecule has 0 unspecified atom stereocenters. The van der Waals surface area contributed by atoms with Crippen LogP contribution in [0.5, 0.6) is 0 Å². The van der Waals surface area contributed by atoms with Crippen molar-refractivity contribution < 1.29 is 22.4 Å². The Bertz CT molecular complexity index is 813. The summed E-state index contributed by atoms with van der Waals surface area (Å²) in [7, 11) is -1.78. The van der Waals surface area contributed by atoms with Gasteiger partial charge in [-0.1, -0.05) is 70.8 Å². The van der Waals surface area contributed by atoms with Crippen LogP contribution in [0.15, 0.2) is 91.0 Å². The van der Waals surface area contributed by atoms with Crippen LogP contribution in [0.4, 0.5) is 0 Å². The van der Waals surface area contributed by atoms with Crippen molar-refractivity contribution >= 4 is 61.1 Å². The number of hydrogen-bond donors (Lipinski definition) is 0. The minimum atomic E-state index is -1.78. The molecule has 0 aromatic heterocycles. The maximum Gasteiger partial charge on any atom is 3.00 e. The molecule has 0 bridgehead atoms. The first-order valence-corrected chi connectivity index (χ1v) is 11.2. The first-order valence-electron chi connectivity index (χ1n) is 8.00. The Morgan fingerprint density at radius 3 is 0.867 bits per heavy atom. The molecule has 3 aromatic rings. The standard InChI is InChI=1S/C19H17P.3CHNS.Au/c1-20(17-11-5-2-6-12-17,18-13-7-3-8-14-18)19-15-9-4-10-16-19;3*2-1-3;/h2-16H,1H2;3*3H;/q;;;;+3/p-3. The second-order valence-electron chi connectivity index (χ2n) is 5.09. The van der Waals surface area contributed by atoms with Gasteiger partial charge in [0.15, 0.2) is 0 Å². The zero-order valence-corrected chi connectivity index (χ0v) is 21.2. The van der Waals surface area contributed by atoms with Crippen molar-refractivity contribution in [3.05, 3.63) is 97.7 Å². The fourth-order valence-electron chi connectivity index (χ4n) is 2.49. The Balaban J connectivity index is 0. The molecule has 0 amide bonds. The third-order valence-electron chi connectivity index (χ3n) is 3.59. The average Bonchev–Trinajstić information content (AvgIpc) is 2.77. The largest absolute Gasteiger partial charge is 3.00 e. The Morgan fingerprint density at radius 1 is 0.533 bits per heavy atom. The second-order valence-corrected chi connectivity index (χ2v) is 8.81. The van der Waals surface area contributed by atoms with Gasteiger partial charge in [-0.3, -0.25) is 0 Å². The van der Waals surface area contributed by atoms with Gasteiger partial charge in [-0.25, -0.2) is 15.8 Å². The number of benzene rings is 3. The van der Waals surface area contributed by atoms with E-state index in [0.717, 1.165) is 0 Å². The minimum absolute atomic E-state index is 0. The van der Waals surface area contributed by atoms with Crippen LogP contribution in [0.3, 0.4) is 0 Å². The Labute approximate surface area is 211 Å². The molecule has 0 radical (unpaired) electrons. The molecule has 3 rings (SSSR count). The summed E-state index contributed by atoms with van der Waals surface area (Å²) >= 11 is 11.1. The molecule has 0 aliphatic heterocycles. The summed E-state index contributed by atoms with van der Waals surface area (Å²) in [5.41, 5.74) is 0. The predicted molar refractivity (Wildman–Crippen MR) is 129 cm³/mol. The fourth-order valence-corrected chi connectivity index (χ4v) is 5.43. The van der Waals surface area contributed by atoms with Gasteiger partial charge >= 0.3 is 22.4 Å². The van der Waals surface area contributed by atoms with Crippen LogP contribution in [-0.4, -0.2) is 0 Å². The molecule has 3 nitrogen and oxygen atoms in total. The number of hydrogen-bond acceptors (Lipinski definition) is 6. The van der Waals surface area contributed by atoms with E-state index in [1.807, 2.05) is 0 Å². The quantitative estimate of drug-likeness (QED) is 0.142. The van der Waals surface area contributed by atoms with Crippen LogP contribution in [0.1, 0.15) is 0 Å². The third kappa shape index (κ3) is 10.1. The maximum atomic E-state index is 7.13. The molecular formula is C22H17AuN3PS3. The molecule has 0 spiro atoms. The van der Waals surface area contributed by atoms with Gasteiger partial charge in [0.05, 0.1) is 15.9 Å². The number of nitrogens with zero attached hydrogens (tertiary/aromatic N) is 3. The summed E-state index contributed by atoms with van der Waals surface area (Å²) in [4.78, 5) is 0.